The van der Waals surface area contributed by atoms with Crippen molar-refractivity contribution in [1.29, 1.82) is 0 Å². The van der Waals surface area contributed by atoms with Gasteiger partial charge in [0.15, 0.2) is 0 Å². The molecule has 1 aromatic rings. The number of hydrogen-bond acceptors (Lipinski definition) is 3. The summed E-state index contributed by atoms with van der Waals surface area (Å²) in [6.07, 6.45) is 0. The Balaban J connectivity index is 0.000001000. The topological polar surface area (TPSA) is 20.2 Å². The normalized spacial score (nSPS) is 8.36. The van der Waals surface area contributed by atoms with Gasteiger partial charge in [0.2, 0.25) is 0 Å². The maximum absolute atomic E-state index is 9.13. The molecule has 0 bridgehead atoms. The molecule has 1 N–H and O–H groups in total. The number of rotatable bonds is 1. The van der Waals surface area contributed by atoms with E-state index in [2.05, 4.69) is 0 Å². The van der Waals surface area contributed by atoms with Crippen molar-refractivity contribution < 1.29 is 34.7 Å². The van der Waals surface area contributed by atoms with Gasteiger partial charge in [-0.2, -0.15) is 0 Å². The number of phenols is 1. The van der Waals surface area contributed by atoms with Crippen molar-refractivity contribution in [1.82, 2.24) is 0 Å². The predicted octanol–water partition coefficient (Wildman–Crippen LogP) is -1.38. The minimum atomic E-state index is 0. The average molecular weight is 192 g/mol. The molecule has 0 atom stereocenters. The summed E-state index contributed by atoms with van der Waals surface area (Å²) in [5, 5.41) is 9.13. The van der Waals surface area contributed by atoms with Crippen LogP contribution in [0.4, 0.5) is 0 Å². The first-order valence-electron chi connectivity index (χ1n) is 2.71. The molecule has 0 radical (unpaired) electrons. The van der Waals surface area contributed by atoms with E-state index >= 15 is 0 Å². The van der Waals surface area contributed by atoms with Crippen LogP contribution in [0, 0.1) is 0 Å². The third-order valence-electron chi connectivity index (χ3n) is 1.12. The summed E-state index contributed by atoms with van der Waals surface area (Å²) in [6, 6.07) is 6.78. The Morgan fingerprint density at radius 3 is 2.27 bits per heavy atom. The Hall–Kier alpha value is 0.330. The fourth-order valence-electron chi connectivity index (χ4n) is 0.646. The minimum absolute atomic E-state index is 0. The first kappa shape index (κ1) is 11.3. The summed E-state index contributed by atoms with van der Waals surface area (Å²) in [6.45, 7) is 0. The second-order valence-electron chi connectivity index (χ2n) is 1.80. The summed E-state index contributed by atoms with van der Waals surface area (Å²) < 4.78 is 0.304. The van der Waals surface area contributed by atoms with E-state index in [1.165, 1.54) is 0 Å². The van der Waals surface area contributed by atoms with Crippen LogP contribution < -0.4 is 29.6 Å². The molecular weight excluding hydrogens is 187 g/mol. The molecule has 0 heterocycles. The molecule has 0 saturated heterocycles. The summed E-state index contributed by atoms with van der Waals surface area (Å²) in [4.78, 5) is 0. The predicted molar refractivity (Wildman–Crippen MR) is 47.2 cm³/mol. The first-order chi connectivity index (χ1) is 4.72. The van der Waals surface area contributed by atoms with E-state index < -0.39 is 0 Å². The van der Waals surface area contributed by atoms with Gasteiger partial charge >= 0.3 is 29.6 Å². The molecule has 52 valence electrons. The molecular formula is C7H5NaOS2. The largest absolute Gasteiger partial charge is 1.00 e. The second kappa shape index (κ2) is 5.06. The molecule has 0 aliphatic carbocycles. The van der Waals surface area contributed by atoms with Crippen LogP contribution >= 0.6 is 12.2 Å². The molecule has 1 aromatic carbocycles. The van der Waals surface area contributed by atoms with E-state index in [4.69, 9.17) is 30.0 Å². The van der Waals surface area contributed by atoms with Gasteiger partial charge in [-0.05, 0) is 6.07 Å². The van der Waals surface area contributed by atoms with Gasteiger partial charge in [0, 0.05) is 5.56 Å². The van der Waals surface area contributed by atoms with Crippen LogP contribution in [0.2, 0.25) is 0 Å². The SMILES string of the molecule is Oc1ccccc1C(=S)[S-].[Na+]. The van der Waals surface area contributed by atoms with Crippen molar-refractivity contribution in [2.45, 2.75) is 0 Å². The quantitative estimate of drug-likeness (QED) is 0.336. The van der Waals surface area contributed by atoms with Crippen LogP contribution in [0.25, 0.3) is 0 Å². The van der Waals surface area contributed by atoms with E-state index in [-0.39, 0.29) is 35.3 Å². The number of benzene rings is 1. The Morgan fingerprint density at radius 2 is 1.91 bits per heavy atom. The first-order valence-corrected chi connectivity index (χ1v) is 3.53. The molecule has 0 aliphatic rings. The van der Waals surface area contributed by atoms with Crippen molar-refractivity contribution in [3.8, 4) is 5.75 Å². The molecule has 0 amide bonds. The Kier molecular flexibility index (Phi) is 5.21. The molecule has 1 nitrogen and oxygen atoms in total. The molecule has 1 rings (SSSR count). The van der Waals surface area contributed by atoms with Crippen molar-refractivity contribution >= 4 is 29.0 Å². The smallest absolute Gasteiger partial charge is 0.507 e. The van der Waals surface area contributed by atoms with Crippen LogP contribution in [0.1, 0.15) is 5.56 Å². The monoisotopic (exact) mass is 192 g/mol. The van der Waals surface area contributed by atoms with E-state index in [0.717, 1.165) is 0 Å². The number of aromatic hydroxyl groups is 1. The summed E-state index contributed by atoms with van der Waals surface area (Å²) >= 11 is 9.41. The Bertz CT molecular complexity index is 262. The summed E-state index contributed by atoms with van der Waals surface area (Å²) in [5.74, 6) is 0.155. The van der Waals surface area contributed by atoms with E-state index in [9.17, 15) is 0 Å². The molecule has 0 saturated carbocycles. The van der Waals surface area contributed by atoms with Gasteiger partial charge in [0.25, 0.3) is 0 Å². The van der Waals surface area contributed by atoms with Gasteiger partial charge in [-0.3, -0.25) is 0 Å². The standard InChI is InChI=1S/C7H6OS2.Na/c8-6-4-2-1-3-5(6)7(9)10;/h1-4,8H,(H,9,10);/q;+1/p-1. The number of hydrogen-bond donors (Lipinski definition) is 1. The van der Waals surface area contributed by atoms with Crippen LogP contribution in [-0.2, 0) is 12.6 Å². The molecule has 0 spiro atoms. The van der Waals surface area contributed by atoms with Crippen LogP contribution in [0.3, 0.4) is 0 Å². The zero-order chi connectivity index (χ0) is 7.56. The van der Waals surface area contributed by atoms with E-state index in [1.807, 2.05) is 0 Å². The number of phenolic OH excluding ortho intramolecular Hbond substituents is 1. The zero-order valence-electron chi connectivity index (χ0n) is 6.07. The van der Waals surface area contributed by atoms with Crippen molar-refractivity contribution in [3.05, 3.63) is 29.8 Å². The fraction of sp³-hybridized carbons (Fsp3) is 0. The zero-order valence-corrected chi connectivity index (χ0v) is 9.71. The average Bonchev–Trinajstić information content (AvgIpc) is 1.88. The summed E-state index contributed by atoms with van der Waals surface area (Å²) in [7, 11) is 0. The maximum atomic E-state index is 9.13. The molecule has 4 heteroatoms. The summed E-state index contributed by atoms with van der Waals surface area (Å²) in [5.41, 5.74) is 0.563. The van der Waals surface area contributed by atoms with E-state index in [0.29, 0.717) is 9.76 Å². The second-order valence-corrected chi connectivity index (χ2v) is 2.88. The third kappa shape index (κ3) is 3.05. The molecule has 0 aromatic heterocycles. The van der Waals surface area contributed by atoms with Gasteiger partial charge < -0.3 is 30.0 Å². The molecule has 0 fully saturated rings. The fourth-order valence-corrected chi connectivity index (χ4v) is 0.991. The third-order valence-corrected chi connectivity index (χ3v) is 1.56. The van der Waals surface area contributed by atoms with Crippen molar-refractivity contribution in [2.24, 2.45) is 0 Å². The van der Waals surface area contributed by atoms with Crippen molar-refractivity contribution in [2.75, 3.05) is 0 Å². The van der Waals surface area contributed by atoms with Gasteiger partial charge in [-0.1, -0.05) is 18.2 Å². The molecule has 11 heavy (non-hydrogen) atoms. The Morgan fingerprint density at radius 1 is 1.36 bits per heavy atom. The molecule has 0 aliphatic heterocycles. The van der Waals surface area contributed by atoms with Crippen molar-refractivity contribution in [3.63, 3.8) is 0 Å². The Labute approximate surface area is 98.5 Å². The van der Waals surface area contributed by atoms with Gasteiger partial charge in [-0.15, -0.1) is 4.20 Å². The minimum Gasteiger partial charge on any atom is -0.507 e. The van der Waals surface area contributed by atoms with Crippen LogP contribution in [-0.4, -0.2) is 9.30 Å². The van der Waals surface area contributed by atoms with Crippen LogP contribution in [0.5, 0.6) is 5.75 Å². The molecule has 0 unspecified atom stereocenters. The van der Waals surface area contributed by atoms with Gasteiger partial charge in [0.1, 0.15) is 5.75 Å². The van der Waals surface area contributed by atoms with E-state index in [1.54, 1.807) is 24.3 Å². The maximum Gasteiger partial charge on any atom is 1.00 e. The number of para-hydroxylation sites is 1. The van der Waals surface area contributed by atoms with Gasteiger partial charge in [0.05, 0.1) is 0 Å². The number of thiocarbonyl (C=S) groups is 1. The van der Waals surface area contributed by atoms with Crippen LogP contribution in [0.15, 0.2) is 24.3 Å². The van der Waals surface area contributed by atoms with Gasteiger partial charge in [-0.25, -0.2) is 0 Å².